The lowest BCUT2D eigenvalue weighted by atomic mass is 10.1. The number of thioether (sulfide) groups is 1. The van der Waals surface area contributed by atoms with E-state index in [9.17, 15) is 25.9 Å². The van der Waals surface area contributed by atoms with E-state index in [1.165, 1.54) is 31.0 Å². The first-order valence-electron chi connectivity index (χ1n) is 14.3. The summed E-state index contributed by atoms with van der Waals surface area (Å²) in [4.78, 5) is 5.46. The van der Waals surface area contributed by atoms with E-state index in [2.05, 4.69) is 44.7 Å². The van der Waals surface area contributed by atoms with Gasteiger partial charge >= 0.3 is 0 Å². The Morgan fingerprint density at radius 1 is 1.00 bits per heavy atom. The van der Waals surface area contributed by atoms with Crippen molar-refractivity contribution in [1.29, 1.82) is 0 Å². The summed E-state index contributed by atoms with van der Waals surface area (Å²) in [7, 11) is -8.41. The molecule has 0 fully saturated rings. The number of hydrogen-bond acceptors (Lipinski definition) is 9. The van der Waals surface area contributed by atoms with Gasteiger partial charge in [-0.05, 0) is 62.3 Å². The van der Waals surface area contributed by atoms with Gasteiger partial charge < -0.3 is 14.4 Å². The molecule has 1 N–H and O–H groups in total. The van der Waals surface area contributed by atoms with Crippen LogP contribution in [0.15, 0.2) is 46.3 Å². The van der Waals surface area contributed by atoms with Crippen molar-refractivity contribution in [3.05, 3.63) is 57.0 Å². The van der Waals surface area contributed by atoms with Crippen LogP contribution in [-0.4, -0.2) is 68.5 Å². The highest BCUT2D eigenvalue weighted by molar-refractivity contribution is 8.04. The maximum Gasteiger partial charge on any atom is 0.265 e. The second-order valence-electron chi connectivity index (χ2n) is 9.97. The van der Waals surface area contributed by atoms with E-state index in [0.29, 0.717) is 18.1 Å². The molecule has 0 bridgehead atoms. The zero-order chi connectivity index (χ0) is 31.8. The Bertz CT molecular complexity index is 1630. The maximum absolute atomic E-state index is 11.3. The van der Waals surface area contributed by atoms with Crippen molar-refractivity contribution in [2.75, 3.05) is 42.6 Å². The van der Waals surface area contributed by atoms with Gasteiger partial charge in [-0.3, -0.25) is 4.55 Å². The monoisotopic (exact) mass is 689 g/mol. The van der Waals surface area contributed by atoms with Crippen LogP contribution in [0, 0.1) is 0 Å². The van der Waals surface area contributed by atoms with Crippen molar-refractivity contribution in [3.8, 4) is 0 Å². The number of thiazole rings is 1. The average molecular weight is 690 g/mol. The molecule has 0 saturated carbocycles. The molecule has 0 radical (unpaired) electrons. The minimum absolute atomic E-state index is 0.163. The predicted molar refractivity (Wildman–Crippen MR) is 178 cm³/mol. The Kier molecular flexibility index (Phi) is 13.3. The molecule has 14 heteroatoms. The lowest BCUT2D eigenvalue weighted by Gasteiger charge is -2.20. The van der Waals surface area contributed by atoms with Gasteiger partial charge in [0.25, 0.3) is 15.1 Å². The van der Waals surface area contributed by atoms with E-state index in [-0.39, 0.29) is 18.6 Å². The van der Waals surface area contributed by atoms with E-state index in [4.69, 9.17) is 11.6 Å². The van der Waals surface area contributed by atoms with Crippen LogP contribution < -0.4 is 9.47 Å². The molecule has 0 spiro atoms. The zero-order valence-corrected chi connectivity index (χ0v) is 29.0. The van der Waals surface area contributed by atoms with Crippen LogP contribution in [0.4, 0.5) is 5.69 Å². The van der Waals surface area contributed by atoms with Gasteiger partial charge in [0.15, 0.2) is 6.54 Å². The number of nitrogens with zero attached hydrogens (tertiary/aromatic N) is 3. The minimum Gasteiger partial charge on any atom is -0.748 e. The molecule has 4 rings (SSSR count). The Morgan fingerprint density at radius 3 is 2.28 bits per heavy atom. The van der Waals surface area contributed by atoms with Crippen molar-refractivity contribution < 1.29 is 30.5 Å². The first kappa shape index (κ1) is 35.8. The Hall–Kier alpha value is -1.71. The number of aromatic nitrogens is 1. The van der Waals surface area contributed by atoms with E-state index in [1.807, 2.05) is 33.7 Å². The maximum atomic E-state index is 11.3. The fourth-order valence-corrected chi connectivity index (χ4v) is 8.13. The van der Waals surface area contributed by atoms with Crippen molar-refractivity contribution in [3.63, 3.8) is 0 Å². The van der Waals surface area contributed by atoms with E-state index < -0.39 is 26.0 Å². The molecule has 238 valence electrons. The molecule has 0 amide bonds. The third-order valence-electron chi connectivity index (χ3n) is 7.04. The van der Waals surface area contributed by atoms with Gasteiger partial charge in [-0.25, -0.2) is 8.42 Å². The van der Waals surface area contributed by atoms with Crippen LogP contribution in [-0.2, 0) is 33.2 Å². The highest BCUT2D eigenvalue weighted by Gasteiger charge is 2.28. The smallest absolute Gasteiger partial charge is 0.265 e. The lowest BCUT2D eigenvalue weighted by molar-refractivity contribution is -0.668. The SMILES string of the molecule is CCN(CC)CC.CCc1ccc2c(c1)N(CCCS(=O)(=O)O)/C(=C/c1sc3ccc(Cl)cc3[n+]1CCCS(=O)(=O)[O-])S2. The summed E-state index contributed by atoms with van der Waals surface area (Å²) >= 11 is 9.31. The number of anilines is 1. The van der Waals surface area contributed by atoms with Crippen molar-refractivity contribution in [2.24, 2.45) is 0 Å². The molecule has 3 aromatic rings. The molecule has 2 aromatic carbocycles. The van der Waals surface area contributed by atoms with E-state index in [1.54, 1.807) is 17.8 Å². The predicted octanol–water partition coefficient (Wildman–Crippen LogP) is 5.88. The van der Waals surface area contributed by atoms with E-state index >= 15 is 0 Å². The first-order chi connectivity index (χ1) is 20.3. The van der Waals surface area contributed by atoms with Crippen LogP contribution in [0.2, 0.25) is 5.02 Å². The van der Waals surface area contributed by atoms with Crippen molar-refractivity contribution in [1.82, 2.24) is 4.90 Å². The molecule has 1 aromatic heterocycles. The largest absolute Gasteiger partial charge is 0.748 e. The number of aryl methyl sites for hydroxylation is 2. The number of halogens is 1. The molecule has 0 saturated heterocycles. The summed E-state index contributed by atoms with van der Waals surface area (Å²) in [6, 6.07) is 11.7. The summed E-state index contributed by atoms with van der Waals surface area (Å²) < 4.78 is 68.2. The summed E-state index contributed by atoms with van der Waals surface area (Å²) in [6.07, 6.45) is 3.26. The number of hydrogen-bond donors (Lipinski definition) is 1. The quantitative estimate of drug-likeness (QED) is 0.173. The Balaban J connectivity index is 0.000000646. The van der Waals surface area contributed by atoms with Crippen LogP contribution in [0.3, 0.4) is 0 Å². The lowest BCUT2D eigenvalue weighted by Crippen LogP contribution is -2.36. The fourth-order valence-electron chi connectivity index (χ4n) is 4.70. The van der Waals surface area contributed by atoms with Gasteiger partial charge in [0.2, 0.25) is 5.52 Å². The van der Waals surface area contributed by atoms with Crippen LogP contribution in [0.5, 0.6) is 0 Å². The van der Waals surface area contributed by atoms with Gasteiger partial charge in [0.1, 0.15) is 4.70 Å². The normalized spacial score (nSPS) is 14.4. The summed E-state index contributed by atoms with van der Waals surface area (Å²) in [5, 5.41) is 2.28. The number of rotatable bonds is 13. The molecule has 1 aliphatic rings. The van der Waals surface area contributed by atoms with Crippen LogP contribution in [0.1, 0.15) is 51.1 Å². The van der Waals surface area contributed by atoms with Crippen molar-refractivity contribution in [2.45, 2.75) is 58.4 Å². The van der Waals surface area contributed by atoms with Gasteiger partial charge in [0, 0.05) is 34.7 Å². The molecule has 2 heterocycles. The second-order valence-corrected chi connectivity index (χ2v) is 15.6. The molecule has 43 heavy (non-hydrogen) atoms. The molecule has 1 aliphatic heterocycles. The molecule has 9 nitrogen and oxygen atoms in total. The molecule has 0 aliphatic carbocycles. The molecular formula is C29H40ClN3O6S4. The van der Waals surface area contributed by atoms with Crippen LogP contribution >= 0.6 is 34.7 Å². The van der Waals surface area contributed by atoms with E-state index in [0.717, 1.165) is 42.8 Å². The van der Waals surface area contributed by atoms with Crippen molar-refractivity contribution >= 4 is 76.9 Å². The Morgan fingerprint density at radius 2 is 1.70 bits per heavy atom. The summed E-state index contributed by atoms with van der Waals surface area (Å²) in [5.74, 6) is -0.801. The van der Waals surface area contributed by atoms with Crippen LogP contribution in [0.25, 0.3) is 16.3 Å². The third kappa shape index (κ3) is 10.7. The second kappa shape index (κ2) is 16.0. The number of benzene rings is 2. The standard InChI is InChI=1S/C23H25ClN2O6S4.C6H15N/c1-2-16-5-7-20-18(13-16)25(9-3-11-35(27,28)29)22(33-20)15-23-26(10-4-12-36(30,31)32)19-14-17(24)6-8-21(19)34-23;1-4-7(5-2)6-3/h5-8,13-15H,2-4,9-12H2,1H3,(H-,27,28,29,30,31,32);4-6H2,1-3H3. The zero-order valence-electron chi connectivity index (χ0n) is 25.0. The third-order valence-corrected chi connectivity index (χ3v) is 11.1. The Labute approximate surface area is 269 Å². The minimum atomic E-state index is -4.33. The molecule has 0 unspecified atom stereocenters. The topological polar surface area (TPSA) is 122 Å². The highest BCUT2D eigenvalue weighted by Crippen LogP contribution is 2.47. The van der Waals surface area contributed by atoms with Gasteiger partial charge in [-0.2, -0.15) is 13.0 Å². The molecular weight excluding hydrogens is 650 g/mol. The number of fused-ring (bicyclic) bond motifs is 2. The fraction of sp³-hybridized carbons (Fsp3) is 0.483. The van der Waals surface area contributed by atoms with Gasteiger partial charge in [-0.15, -0.1) is 0 Å². The summed E-state index contributed by atoms with van der Waals surface area (Å²) in [6.45, 7) is 12.9. The molecule has 0 atom stereocenters. The van der Waals surface area contributed by atoms with Gasteiger partial charge in [0.05, 0.1) is 32.7 Å². The van der Waals surface area contributed by atoms with Gasteiger partial charge in [-0.1, -0.05) is 68.5 Å². The summed E-state index contributed by atoms with van der Waals surface area (Å²) in [5.41, 5.74) is 2.98. The highest BCUT2D eigenvalue weighted by atomic mass is 35.5. The average Bonchev–Trinajstić information content (AvgIpc) is 3.45. The first-order valence-corrected chi connectivity index (χ1v) is 19.5.